The Morgan fingerprint density at radius 2 is 1.49 bits per heavy atom. The van der Waals surface area contributed by atoms with E-state index in [0.29, 0.717) is 11.4 Å². The first kappa shape index (κ1) is 20.7. The molecule has 170 valence electrons. The first-order valence-electron chi connectivity index (χ1n) is 11.2. The van der Waals surface area contributed by atoms with Crippen molar-refractivity contribution < 1.29 is 19.4 Å². The number of benzene rings is 4. The van der Waals surface area contributed by atoms with Gasteiger partial charge in [-0.25, -0.2) is 0 Å². The van der Waals surface area contributed by atoms with Gasteiger partial charge < -0.3 is 14.6 Å². The highest BCUT2D eigenvalue weighted by Crippen LogP contribution is 2.36. The van der Waals surface area contributed by atoms with Crippen LogP contribution in [0.1, 0.15) is 0 Å². The lowest BCUT2D eigenvalue weighted by Crippen LogP contribution is -2.11. The van der Waals surface area contributed by atoms with Crippen molar-refractivity contribution >= 4 is 27.9 Å². The molecule has 6 heteroatoms. The molecule has 0 aliphatic heterocycles. The molecule has 6 rings (SSSR count). The Balaban J connectivity index is 1.42. The molecule has 0 fully saturated rings. The average molecular weight is 460 g/mol. The van der Waals surface area contributed by atoms with Crippen LogP contribution in [0, 0.1) is 0 Å². The lowest BCUT2D eigenvalue weighted by atomic mass is 10.00. The number of para-hydroxylation sites is 2. The lowest BCUT2D eigenvalue weighted by Gasteiger charge is -2.07. The van der Waals surface area contributed by atoms with Crippen LogP contribution in [0.3, 0.4) is 0 Å². The van der Waals surface area contributed by atoms with E-state index in [1.54, 1.807) is 24.3 Å². The number of nitrogens with zero attached hydrogens (tertiary/aromatic N) is 2. The van der Waals surface area contributed by atoms with E-state index in [2.05, 4.69) is 17.2 Å². The number of carboxylic acids is 1. The fourth-order valence-electron chi connectivity index (χ4n) is 4.47. The van der Waals surface area contributed by atoms with Crippen molar-refractivity contribution in [3.8, 4) is 39.4 Å². The number of carboxylic acid groups (broad SMARTS) is 1. The molecule has 35 heavy (non-hydrogen) atoms. The van der Waals surface area contributed by atoms with E-state index in [4.69, 9.17) is 4.42 Å². The minimum Gasteiger partial charge on any atom is -0.508 e. The maximum atomic E-state index is 11.5. The van der Waals surface area contributed by atoms with Crippen LogP contribution in [0.25, 0.3) is 55.6 Å². The monoisotopic (exact) mass is 460 g/mol. The summed E-state index contributed by atoms with van der Waals surface area (Å²) in [5.41, 5.74) is 6.67. The predicted molar refractivity (Wildman–Crippen MR) is 135 cm³/mol. The topological polar surface area (TPSA) is 88.5 Å². The second kappa shape index (κ2) is 8.18. The summed E-state index contributed by atoms with van der Waals surface area (Å²) in [5.74, 6) is -0.811. The molecule has 0 spiro atoms. The van der Waals surface area contributed by atoms with Crippen LogP contribution < -0.4 is 0 Å². The van der Waals surface area contributed by atoms with Crippen molar-refractivity contribution in [2.45, 2.75) is 6.54 Å². The van der Waals surface area contributed by atoms with Crippen LogP contribution in [-0.4, -0.2) is 26.0 Å². The van der Waals surface area contributed by atoms with Gasteiger partial charge in [0, 0.05) is 21.9 Å². The van der Waals surface area contributed by atoms with Gasteiger partial charge in [-0.2, -0.15) is 5.10 Å². The van der Waals surface area contributed by atoms with Gasteiger partial charge in [0.05, 0.1) is 11.4 Å². The molecule has 0 unspecified atom stereocenters. The zero-order chi connectivity index (χ0) is 23.9. The molecule has 0 atom stereocenters. The van der Waals surface area contributed by atoms with Gasteiger partial charge in [-0.05, 0) is 47.5 Å². The zero-order valence-corrected chi connectivity index (χ0v) is 18.6. The summed E-state index contributed by atoms with van der Waals surface area (Å²) in [6.45, 7) is -0.256. The van der Waals surface area contributed by atoms with Crippen LogP contribution in [0.5, 0.6) is 5.75 Å². The molecule has 2 aromatic heterocycles. The molecule has 0 saturated carbocycles. The number of furan rings is 1. The number of aromatic hydroxyl groups is 1. The van der Waals surface area contributed by atoms with Gasteiger partial charge in [-0.1, -0.05) is 60.7 Å². The summed E-state index contributed by atoms with van der Waals surface area (Å²) in [6, 6.07) is 30.6. The molecule has 0 radical (unpaired) electrons. The normalized spacial score (nSPS) is 11.3. The summed E-state index contributed by atoms with van der Waals surface area (Å²) in [7, 11) is 0. The van der Waals surface area contributed by atoms with Gasteiger partial charge in [0.15, 0.2) is 0 Å². The van der Waals surface area contributed by atoms with E-state index >= 15 is 0 Å². The molecule has 0 amide bonds. The van der Waals surface area contributed by atoms with Crippen molar-refractivity contribution in [2.24, 2.45) is 0 Å². The second-order valence-corrected chi connectivity index (χ2v) is 8.37. The maximum Gasteiger partial charge on any atom is 0.325 e. The third-order valence-electron chi connectivity index (χ3n) is 6.12. The van der Waals surface area contributed by atoms with Gasteiger partial charge >= 0.3 is 5.97 Å². The summed E-state index contributed by atoms with van der Waals surface area (Å²) < 4.78 is 7.66. The lowest BCUT2D eigenvalue weighted by molar-refractivity contribution is -0.137. The van der Waals surface area contributed by atoms with Gasteiger partial charge in [0.2, 0.25) is 0 Å². The Morgan fingerprint density at radius 3 is 2.26 bits per heavy atom. The average Bonchev–Trinajstić information content (AvgIpc) is 3.46. The molecule has 0 bridgehead atoms. The number of aliphatic carboxylic acids is 1. The highest BCUT2D eigenvalue weighted by Gasteiger charge is 2.15. The first-order chi connectivity index (χ1) is 17.1. The summed E-state index contributed by atoms with van der Waals surface area (Å²) in [5, 5.41) is 25.6. The van der Waals surface area contributed by atoms with Gasteiger partial charge in [0.1, 0.15) is 23.5 Å². The number of phenols is 1. The van der Waals surface area contributed by atoms with Crippen LogP contribution in [0.2, 0.25) is 0 Å². The number of carbonyl (C=O) groups is 1. The van der Waals surface area contributed by atoms with Crippen molar-refractivity contribution in [1.29, 1.82) is 0 Å². The minimum absolute atomic E-state index is 0.161. The summed E-state index contributed by atoms with van der Waals surface area (Å²) >= 11 is 0. The van der Waals surface area contributed by atoms with E-state index in [1.807, 2.05) is 60.7 Å². The van der Waals surface area contributed by atoms with Gasteiger partial charge in [-0.15, -0.1) is 0 Å². The van der Waals surface area contributed by atoms with Gasteiger partial charge in [-0.3, -0.25) is 9.48 Å². The minimum atomic E-state index is -0.972. The highest BCUT2D eigenvalue weighted by atomic mass is 16.4. The standard InChI is InChI=1S/C29H20N2O4/c32-21-14-12-19(13-15-21)25-16-26(31(30-25)17-28(33)34)20-10-8-18(9-11-20)22-5-3-6-24-23-4-1-2-7-27(23)35-29(22)24/h1-16,32H,17H2,(H,33,34). The van der Waals surface area contributed by atoms with E-state index in [-0.39, 0.29) is 12.3 Å². The molecule has 6 nitrogen and oxygen atoms in total. The zero-order valence-electron chi connectivity index (χ0n) is 18.6. The van der Waals surface area contributed by atoms with E-state index in [9.17, 15) is 15.0 Å². The van der Waals surface area contributed by atoms with Crippen LogP contribution >= 0.6 is 0 Å². The Morgan fingerprint density at radius 1 is 0.800 bits per heavy atom. The number of phenolic OH excluding ortho intramolecular Hbond substituents is 1. The van der Waals surface area contributed by atoms with Crippen LogP contribution in [0.4, 0.5) is 0 Å². The third-order valence-corrected chi connectivity index (χ3v) is 6.12. The SMILES string of the molecule is O=C(O)Cn1nc(-c2ccc(O)cc2)cc1-c1ccc(-c2cccc3c2oc2ccccc23)cc1. The molecule has 2 heterocycles. The van der Waals surface area contributed by atoms with Crippen LogP contribution in [-0.2, 0) is 11.3 Å². The largest absolute Gasteiger partial charge is 0.508 e. The molecule has 0 aliphatic carbocycles. The first-order valence-corrected chi connectivity index (χ1v) is 11.2. The molecule has 2 N–H and O–H groups in total. The maximum absolute atomic E-state index is 11.5. The fourth-order valence-corrected chi connectivity index (χ4v) is 4.47. The van der Waals surface area contributed by atoms with Gasteiger partial charge in [0.25, 0.3) is 0 Å². The van der Waals surface area contributed by atoms with Crippen molar-refractivity contribution in [2.75, 3.05) is 0 Å². The van der Waals surface area contributed by atoms with Crippen molar-refractivity contribution in [3.05, 3.63) is 97.1 Å². The van der Waals surface area contributed by atoms with Crippen LogP contribution in [0.15, 0.2) is 101 Å². The second-order valence-electron chi connectivity index (χ2n) is 8.37. The molecule has 0 aliphatic rings. The number of aromatic nitrogens is 2. The van der Waals surface area contributed by atoms with E-state index in [1.165, 1.54) is 4.68 Å². The molecule has 0 saturated heterocycles. The Kier molecular flexibility index (Phi) is 4.85. The number of fused-ring (bicyclic) bond motifs is 3. The number of hydrogen-bond acceptors (Lipinski definition) is 4. The van der Waals surface area contributed by atoms with E-state index in [0.717, 1.165) is 44.2 Å². The third kappa shape index (κ3) is 3.71. The summed E-state index contributed by atoms with van der Waals surface area (Å²) in [4.78, 5) is 11.5. The Labute approximate surface area is 200 Å². The summed E-state index contributed by atoms with van der Waals surface area (Å²) in [6.07, 6.45) is 0. The fraction of sp³-hybridized carbons (Fsp3) is 0.0345. The van der Waals surface area contributed by atoms with E-state index < -0.39 is 5.97 Å². The molecular weight excluding hydrogens is 440 g/mol. The highest BCUT2D eigenvalue weighted by molar-refractivity contribution is 6.09. The molecular formula is C29H20N2O4. The Hall–Kier alpha value is -4.84. The quantitative estimate of drug-likeness (QED) is 0.304. The smallest absolute Gasteiger partial charge is 0.325 e. The Bertz CT molecular complexity index is 1690. The number of rotatable bonds is 5. The number of hydrogen-bond donors (Lipinski definition) is 2. The van der Waals surface area contributed by atoms with Crippen molar-refractivity contribution in [1.82, 2.24) is 9.78 Å². The molecule has 6 aromatic rings. The molecule has 4 aromatic carbocycles. The predicted octanol–water partition coefficient (Wildman–Crippen LogP) is 6.57. The van der Waals surface area contributed by atoms with Crippen molar-refractivity contribution in [3.63, 3.8) is 0 Å².